The Morgan fingerprint density at radius 2 is 1.81 bits per heavy atom. The quantitative estimate of drug-likeness (QED) is 0.650. The van der Waals surface area contributed by atoms with E-state index in [4.69, 9.17) is 4.74 Å². The molecule has 3 rings (SSSR count). The second-order valence-electron chi connectivity index (χ2n) is 5.70. The van der Waals surface area contributed by atoms with Gasteiger partial charge in [-0.15, -0.1) is 0 Å². The van der Waals surface area contributed by atoms with E-state index in [1.807, 2.05) is 24.3 Å². The van der Waals surface area contributed by atoms with Crippen molar-refractivity contribution in [3.8, 4) is 5.75 Å². The number of methoxy groups -OCH3 is 1. The number of Topliss-reactive ketones (excluding diaryl/α,β-unsaturated/α-hetero) is 1. The monoisotopic (exact) mass is 362 g/mol. The largest absolute Gasteiger partial charge is 0.495 e. The topological polar surface area (TPSA) is 93.2 Å². The number of anilines is 3. The first kappa shape index (κ1) is 18.1. The van der Waals surface area contributed by atoms with E-state index in [1.165, 1.54) is 19.3 Å². The molecule has 1 heterocycles. The van der Waals surface area contributed by atoms with Gasteiger partial charge >= 0.3 is 0 Å². The summed E-state index contributed by atoms with van der Waals surface area (Å²) < 4.78 is 5.29. The minimum Gasteiger partial charge on any atom is -0.495 e. The standard InChI is InChI=1S/C20H18N4O3/c1-13(25)14-6-5-7-15(10-14)23-20(26)17-11-19(22-12-21-17)24-16-8-3-4-9-18(16)27-2/h3-12H,1-2H3,(H,23,26)(H,21,22,24). The van der Waals surface area contributed by atoms with E-state index in [1.54, 1.807) is 31.4 Å². The van der Waals surface area contributed by atoms with Crippen LogP contribution in [0, 0.1) is 0 Å². The molecule has 2 N–H and O–H groups in total. The van der Waals surface area contributed by atoms with E-state index in [0.29, 0.717) is 22.8 Å². The Bertz CT molecular complexity index is 988. The van der Waals surface area contributed by atoms with Gasteiger partial charge in [-0.05, 0) is 31.2 Å². The Balaban J connectivity index is 1.78. The zero-order chi connectivity index (χ0) is 19.2. The Hall–Kier alpha value is -3.74. The van der Waals surface area contributed by atoms with E-state index in [-0.39, 0.29) is 11.5 Å². The smallest absolute Gasteiger partial charge is 0.274 e. The number of hydrogen-bond donors (Lipinski definition) is 2. The lowest BCUT2D eigenvalue weighted by Gasteiger charge is -2.11. The van der Waals surface area contributed by atoms with Crippen molar-refractivity contribution in [2.24, 2.45) is 0 Å². The number of amides is 1. The first-order valence-electron chi connectivity index (χ1n) is 8.21. The number of ether oxygens (including phenoxy) is 1. The van der Waals surface area contributed by atoms with Gasteiger partial charge in [-0.2, -0.15) is 0 Å². The summed E-state index contributed by atoms with van der Waals surface area (Å²) in [5, 5.41) is 5.84. The molecule has 0 aliphatic heterocycles. The maximum Gasteiger partial charge on any atom is 0.274 e. The molecule has 0 unspecified atom stereocenters. The predicted octanol–water partition coefficient (Wildman–Crippen LogP) is 3.68. The van der Waals surface area contributed by atoms with Gasteiger partial charge in [0.05, 0.1) is 12.8 Å². The maximum absolute atomic E-state index is 12.5. The second kappa shape index (κ2) is 8.09. The van der Waals surface area contributed by atoms with Crippen molar-refractivity contribution in [1.82, 2.24) is 9.97 Å². The molecule has 0 saturated heterocycles. The Kier molecular flexibility index (Phi) is 5.41. The molecular formula is C20H18N4O3. The van der Waals surface area contributed by atoms with Crippen LogP contribution in [0.15, 0.2) is 60.9 Å². The van der Waals surface area contributed by atoms with Gasteiger partial charge in [-0.25, -0.2) is 9.97 Å². The lowest BCUT2D eigenvalue weighted by Crippen LogP contribution is -2.14. The summed E-state index contributed by atoms with van der Waals surface area (Å²) in [5.41, 5.74) is 1.95. The Morgan fingerprint density at radius 3 is 2.59 bits per heavy atom. The Labute approximate surface area is 156 Å². The third kappa shape index (κ3) is 4.46. The lowest BCUT2D eigenvalue weighted by molar-refractivity contribution is 0.100. The molecule has 0 radical (unpaired) electrons. The molecular weight excluding hydrogens is 344 g/mol. The van der Waals surface area contributed by atoms with Crippen LogP contribution >= 0.6 is 0 Å². The number of nitrogens with one attached hydrogen (secondary N) is 2. The van der Waals surface area contributed by atoms with Gasteiger partial charge in [0.1, 0.15) is 23.6 Å². The number of para-hydroxylation sites is 2. The maximum atomic E-state index is 12.5. The molecule has 7 heteroatoms. The van der Waals surface area contributed by atoms with Crippen molar-refractivity contribution >= 4 is 28.9 Å². The minimum atomic E-state index is -0.402. The van der Waals surface area contributed by atoms with E-state index >= 15 is 0 Å². The van der Waals surface area contributed by atoms with Crippen molar-refractivity contribution in [2.75, 3.05) is 17.7 Å². The van der Waals surface area contributed by atoms with E-state index in [2.05, 4.69) is 20.6 Å². The molecule has 1 aromatic heterocycles. The average molecular weight is 362 g/mol. The summed E-state index contributed by atoms with van der Waals surface area (Å²) in [6, 6.07) is 15.7. The van der Waals surface area contributed by atoms with Crippen molar-refractivity contribution in [1.29, 1.82) is 0 Å². The molecule has 1 amide bonds. The number of hydrogen-bond acceptors (Lipinski definition) is 6. The van der Waals surface area contributed by atoms with Gasteiger partial charge in [0.15, 0.2) is 5.78 Å². The van der Waals surface area contributed by atoms with Gasteiger partial charge < -0.3 is 15.4 Å². The third-order valence-corrected chi connectivity index (χ3v) is 3.80. The zero-order valence-corrected chi connectivity index (χ0v) is 14.9. The molecule has 3 aromatic rings. The Morgan fingerprint density at radius 1 is 1.00 bits per heavy atom. The highest BCUT2D eigenvalue weighted by Gasteiger charge is 2.11. The van der Waals surface area contributed by atoms with Crippen LogP contribution < -0.4 is 15.4 Å². The van der Waals surface area contributed by atoms with Gasteiger partial charge in [-0.1, -0.05) is 24.3 Å². The van der Waals surface area contributed by atoms with Crippen LogP contribution in [-0.4, -0.2) is 28.8 Å². The highest BCUT2D eigenvalue weighted by atomic mass is 16.5. The molecule has 136 valence electrons. The summed E-state index contributed by atoms with van der Waals surface area (Å²) in [4.78, 5) is 32.1. The molecule has 0 saturated carbocycles. The lowest BCUT2D eigenvalue weighted by atomic mass is 10.1. The number of aromatic nitrogens is 2. The van der Waals surface area contributed by atoms with Crippen LogP contribution in [0.5, 0.6) is 5.75 Å². The molecule has 2 aromatic carbocycles. The third-order valence-electron chi connectivity index (χ3n) is 3.80. The molecule has 27 heavy (non-hydrogen) atoms. The molecule has 7 nitrogen and oxygen atoms in total. The van der Waals surface area contributed by atoms with E-state index in [0.717, 1.165) is 5.69 Å². The highest BCUT2D eigenvalue weighted by Crippen LogP contribution is 2.26. The fraction of sp³-hybridized carbons (Fsp3) is 0.100. The van der Waals surface area contributed by atoms with Gasteiger partial charge in [0.2, 0.25) is 0 Å². The first-order valence-corrected chi connectivity index (χ1v) is 8.21. The van der Waals surface area contributed by atoms with Crippen molar-refractivity contribution in [3.05, 3.63) is 72.2 Å². The van der Waals surface area contributed by atoms with Gasteiger partial charge in [0, 0.05) is 17.3 Å². The molecule has 0 bridgehead atoms. The minimum absolute atomic E-state index is 0.0728. The van der Waals surface area contributed by atoms with Gasteiger partial charge in [0.25, 0.3) is 5.91 Å². The van der Waals surface area contributed by atoms with Gasteiger partial charge in [-0.3, -0.25) is 9.59 Å². The van der Waals surface area contributed by atoms with Crippen LogP contribution in [0.25, 0.3) is 0 Å². The zero-order valence-electron chi connectivity index (χ0n) is 14.9. The van der Waals surface area contributed by atoms with Crippen LogP contribution in [0.4, 0.5) is 17.2 Å². The second-order valence-corrected chi connectivity index (χ2v) is 5.70. The van der Waals surface area contributed by atoms with Crippen LogP contribution in [-0.2, 0) is 0 Å². The highest BCUT2D eigenvalue weighted by molar-refractivity contribution is 6.04. The summed E-state index contributed by atoms with van der Waals surface area (Å²) >= 11 is 0. The van der Waals surface area contributed by atoms with E-state index < -0.39 is 5.91 Å². The van der Waals surface area contributed by atoms with Crippen molar-refractivity contribution < 1.29 is 14.3 Å². The summed E-state index contributed by atoms with van der Waals surface area (Å²) in [5.74, 6) is 0.637. The van der Waals surface area contributed by atoms with Crippen LogP contribution in [0.1, 0.15) is 27.8 Å². The fourth-order valence-electron chi connectivity index (χ4n) is 2.45. The normalized spacial score (nSPS) is 10.1. The van der Waals surface area contributed by atoms with E-state index in [9.17, 15) is 9.59 Å². The molecule has 0 aliphatic rings. The number of benzene rings is 2. The summed E-state index contributed by atoms with van der Waals surface area (Å²) in [7, 11) is 1.58. The molecule has 0 aliphatic carbocycles. The molecule has 0 atom stereocenters. The number of nitrogens with zero attached hydrogens (tertiary/aromatic N) is 2. The number of ketones is 1. The predicted molar refractivity (Wildman–Crippen MR) is 103 cm³/mol. The summed E-state index contributed by atoms with van der Waals surface area (Å²) in [6.07, 6.45) is 1.30. The SMILES string of the molecule is COc1ccccc1Nc1cc(C(=O)Nc2cccc(C(C)=O)c2)ncn1. The average Bonchev–Trinajstić information content (AvgIpc) is 2.69. The number of carbonyl (C=O) groups excluding carboxylic acids is 2. The molecule has 0 fully saturated rings. The number of carbonyl (C=O) groups is 2. The summed E-state index contributed by atoms with van der Waals surface area (Å²) in [6.45, 7) is 1.47. The van der Waals surface area contributed by atoms with Crippen molar-refractivity contribution in [2.45, 2.75) is 6.92 Å². The fourth-order valence-corrected chi connectivity index (χ4v) is 2.45. The number of rotatable bonds is 6. The van der Waals surface area contributed by atoms with Crippen molar-refractivity contribution in [3.63, 3.8) is 0 Å². The molecule has 0 spiro atoms. The van der Waals surface area contributed by atoms with Crippen LogP contribution in [0.3, 0.4) is 0 Å². The first-order chi connectivity index (χ1) is 13.1. The van der Waals surface area contributed by atoms with Crippen LogP contribution in [0.2, 0.25) is 0 Å².